The molecule has 0 aliphatic rings. The van der Waals surface area contributed by atoms with Gasteiger partial charge in [0.2, 0.25) is 16.0 Å². The van der Waals surface area contributed by atoms with Crippen molar-refractivity contribution in [3.05, 3.63) is 11.2 Å². The number of nitrogens with one attached hydrogen (secondary N) is 2. The van der Waals surface area contributed by atoms with Crippen molar-refractivity contribution >= 4 is 33.4 Å². The van der Waals surface area contributed by atoms with Crippen LogP contribution in [0.4, 0.5) is 11.8 Å². The average molecular weight is 308 g/mol. The number of aromatic nitrogens is 2. The van der Waals surface area contributed by atoms with E-state index in [1.807, 2.05) is 6.92 Å². The molecule has 0 saturated carbocycles. The molecule has 1 aromatic rings. The SMILES string of the molecule is CCNc1ncc(Cl)c(NCCS(=O)(=O)N(C)C)n1. The van der Waals surface area contributed by atoms with Crippen molar-refractivity contribution in [1.29, 1.82) is 0 Å². The number of rotatable bonds is 7. The van der Waals surface area contributed by atoms with Gasteiger partial charge in [0.05, 0.1) is 11.9 Å². The molecule has 0 atom stereocenters. The molecule has 0 spiro atoms. The van der Waals surface area contributed by atoms with Crippen LogP contribution in [0, 0.1) is 0 Å². The molecule has 2 N–H and O–H groups in total. The van der Waals surface area contributed by atoms with Gasteiger partial charge in [-0.25, -0.2) is 17.7 Å². The molecule has 0 aromatic carbocycles. The largest absolute Gasteiger partial charge is 0.368 e. The lowest BCUT2D eigenvalue weighted by molar-refractivity contribution is 0.521. The van der Waals surface area contributed by atoms with Gasteiger partial charge in [0.15, 0.2) is 5.82 Å². The van der Waals surface area contributed by atoms with Crippen LogP contribution >= 0.6 is 11.6 Å². The second kappa shape index (κ2) is 6.88. The molecule has 0 aliphatic heterocycles. The number of nitrogens with zero attached hydrogens (tertiary/aromatic N) is 3. The smallest absolute Gasteiger partial charge is 0.224 e. The first-order valence-electron chi connectivity index (χ1n) is 5.77. The Morgan fingerprint density at radius 1 is 1.37 bits per heavy atom. The van der Waals surface area contributed by atoms with Crippen molar-refractivity contribution in [3.63, 3.8) is 0 Å². The van der Waals surface area contributed by atoms with Gasteiger partial charge in [-0.3, -0.25) is 0 Å². The third-order valence-electron chi connectivity index (χ3n) is 2.29. The zero-order chi connectivity index (χ0) is 14.5. The summed E-state index contributed by atoms with van der Waals surface area (Å²) in [6.07, 6.45) is 1.47. The summed E-state index contributed by atoms with van der Waals surface area (Å²) in [5, 5.41) is 6.20. The summed E-state index contributed by atoms with van der Waals surface area (Å²) in [5.74, 6) is 0.836. The maximum absolute atomic E-state index is 11.6. The number of halogens is 1. The van der Waals surface area contributed by atoms with Crippen LogP contribution in [0.2, 0.25) is 5.02 Å². The molecule has 0 saturated heterocycles. The lowest BCUT2D eigenvalue weighted by Gasteiger charge is -2.12. The highest BCUT2D eigenvalue weighted by molar-refractivity contribution is 7.89. The van der Waals surface area contributed by atoms with Crippen molar-refractivity contribution in [2.45, 2.75) is 6.92 Å². The molecule has 7 nitrogen and oxygen atoms in total. The normalized spacial score (nSPS) is 11.6. The van der Waals surface area contributed by atoms with Crippen LogP contribution in [0.5, 0.6) is 0 Å². The Morgan fingerprint density at radius 3 is 2.63 bits per heavy atom. The van der Waals surface area contributed by atoms with Crippen LogP contribution in [0.15, 0.2) is 6.20 Å². The molecule has 0 aliphatic carbocycles. The quantitative estimate of drug-likeness (QED) is 0.777. The predicted molar refractivity (Wildman–Crippen MR) is 77.2 cm³/mol. The Hall–Kier alpha value is -1.12. The lowest BCUT2D eigenvalue weighted by atomic mass is 10.5. The first-order valence-corrected chi connectivity index (χ1v) is 7.76. The summed E-state index contributed by atoms with van der Waals surface area (Å²) in [5.41, 5.74) is 0. The zero-order valence-electron chi connectivity index (χ0n) is 11.1. The Balaban J connectivity index is 2.65. The van der Waals surface area contributed by atoms with E-state index in [2.05, 4.69) is 20.6 Å². The summed E-state index contributed by atoms with van der Waals surface area (Å²) < 4.78 is 24.3. The van der Waals surface area contributed by atoms with Crippen molar-refractivity contribution in [2.24, 2.45) is 0 Å². The monoisotopic (exact) mass is 307 g/mol. The minimum Gasteiger partial charge on any atom is -0.368 e. The van der Waals surface area contributed by atoms with Gasteiger partial charge in [0.1, 0.15) is 5.02 Å². The van der Waals surface area contributed by atoms with Crippen LogP contribution in [0.25, 0.3) is 0 Å². The van der Waals surface area contributed by atoms with E-state index < -0.39 is 10.0 Å². The summed E-state index contributed by atoms with van der Waals surface area (Å²) in [6, 6.07) is 0. The lowest BCUT2D eigenvalue weighted by Crippen LogP contribution is -2.28. The number of sulfonamides is 1. The first-order chi connectivity index (χ1) is 8.86. The number of hydrogen-bond acceptors (Lipinski definition) is 6. The van der Waals surface area contributed by atoms with E-state index in [1.54, 1.807) is 0 Å². The highest BCUT2D eigenvalue weighted by atomic mass is 35.5. The minimum atomic E-state index is -3.23. The average Bonchev–Trinajstić information content (AvgIpc) is 2.33. The Kier molecular flexibility index (Phi) is 5.77. The minimum absolute atomic E-state index is 0.0309. The highest BCUT2D eigenvalue weighted by Crippen LogP contribution is 2.19. The summed E-state index contributed by atoms with van der Waals surface area (Å²) in [6.45, 7) is 2.84. The fourth-order valence-corrected chi connectivity index (χ4v) is 2.10. The molecule has 19 heavy (non-hydrogen) atoms. The van der Waals surface area contributed by atoms with Gasteiger partial charge in [-0.05, 0) is 6.92 Å². The summed E-state index contributed by atoms with van der Waals surface area (Å²) in [4.78, 5) is 8.15. The molecule has 1 rings (SSSR count). The van der Waals surface area contributed by atoms with E-state index >= 15 is 0 Å². The topological polar surface area (TPSA) is 87.2 Å². The fourth-order valence-electron chi connectivity index (χ4n) is 1.22. The van der Waals surface area contributed by atoms with E-state index in [0.717, 1.165) is 0 Å². The Bertz CT molecular complexity index is 521. The van der Waals surface area contributed by atoms with Crippen LogP contribution in [-0.4, -0.2) is 55.6 Å². The van der Waals surface area contributed by atoms with Crippen LogP contribution in [-0.2, 0) is 10.0 Å². The molecule has 108 valence electrons. The molecule has 0 unspecified atom stereocenters. The molecule has 0 radical (unpaired) electrons. The van der Waals surface area contributed by atoms with E-state index in [1.165, 1.54) is 24.6 Å². The van der Waals surface area contributed by atoms with Crippen LogP contribution in [0.1, 0.15) is 6.92 Å². The number of anilines is 2. The molecular weight excluding hydrogens is 290 g/mol. The molecule has 1 aromatic heterocycles. The molecule has 9 heteroatoms. The summed E-state index contributed by atoms with van der Waals surface area (Å²) in [7, 11) is -0.240. The van der Waals surface area contributed by atoms with Gasteiger partial charge < -0.3 is 10.6 Å². The van der Waals surface area contributed by atoms with Gasteiger partial charge in [-0.15, -0.1) is 0 Å². The zero-order valence-corrected chi connectivity index (χ0v) is 12.7. The van der Waals surface area contributed by atoms with E-state index in [4.69, 9.17) is 11.6 Å². The third kappa shape index (κ3) is 4.81. The fraction of sp³-hybridized carbons (Fsp3) is 0.600. The molecule has 0 amide bonds. The first kappa shape index (κ1) is 15.9. The third-order valence-corrected chi connectivity index (χ3v) is 4.40. The van der Waals surface area contributed by atoms with E-state index in [-0.39, 0.29) is 12.3 Å². The van der Waals surface area contributed by atoms with Crippen molar-refractivity contribution in [2.75, 3.05) is 43.6 Å². The highest BCUT2D eigenvalue weighted by Gasteiger charge is 2.13. The molecule has 0 fully saturated rings. The van der Waals surface area contributed by atoms with Gasteiger partial charge in [-0.2, -0.15) is 4.98 Å². The van der Waals surface area contributed by atoms with Gasteiger partial charge in [-0.1, -0.05) is 11.6 Å². The van der Waals surface area contributed by atoms with Crippen molar-refractivity contribution in [3.8, 4) is 0 Å². The van der Waals surface area contributed by atoms with E-state index in [0.29, 0.717) is 23.3 Å². The van der Waals surface area contributed by atoms with Crippen LogP contribution < -0.4 is 10.6 Å². The Morgan fingerprint density at radius 2 is 2.05 bits per heavy atom. The van der Waals surface area contributed by atoms with Gasteiger partial charge in [0.25, 0.3) is 0 Å². The van der Waals surface area contributed by atoms with E-state index in [9.17, 15) is 8.42 Å². The second-order valence-corrected chi connectivity index (χ2v) is 6.66. The van der Waals surface area contributed by atoms with Gasteiger partial charge >= 0.3 is 0 Å². The Labute approximate surface area is 118 Å². The second-order valence-electron chi connectivity index (χ2n) is 3.95. The molecular formula is C10H18ClN5O2S. The van der Waals surface area contributed by atoms with Crippen LogP contribution in [0.3, 0.4) is 0 Å². The molecule has 1 heterocycles. The molecule has 0 bridgehead atoms. The predicted octanol–water partition coefficient (Wildman–Crippen LogP) is 0.865. The maximum Gasteiger partial charge on any atom is 0.224 e. The van der Waals surface area contributed by atoms with Gasteiger partial charge in [0, 0.05) is 27.2 Å². The summed E-state index contributed by atoms with van der Waals surface area (Å²) >= 11 is 5.93. The maximum atomic E-state index is 11.6. The van der Waals surface area contributed by atoms with Crippen molar-refractivity contribution < 1.29 is 8.42 Å². The standard InChI is InChI=1S/C10H18ClN5O2S/c1-4-12-10-14-7-8(11)9(15-10)13-5-6-19(17,18)16(2)3/h7H,4-6H2,1-3H3,(H2,12,13,14,15). The number of hydrogen-bond donors (Lipinski definition) is 2. The van der Waals surface area contributed by atoms with Crippen molar-refractivity contribution in [1.82, 2.24) is 14.3 Å².